The van der Waals surface area contributed by atoms with Crippen LogP contribution in [0.15, 0.2) is 24.3 Å². The van der Waals surface area contributed by atoms with E-state index in [-0.39, 0.29) is 23.3 Å². The Balaban J connectivity index is 1.87. The Morgan fingerprint density at radius 3 is 2.70 bits per heavy atom. The van der Waals surface area contributed by atoms with Gasteiger partial charge in [-0.05, 0) is 37.0 Å². The van der Waals surface area contributed by atoms with E-state index in [0.29, 0.717) is 44.6 Å². The first-order chi connectivity index (χ1) is 13.0. The molecule has 0 bridgehead atoms. The molecule has 1 fully saturated rings. The molecule has 1 N–H and O–H groups in total. The van der Waals surface area contributed by atoms with Crippen LogP contribution in [0.2, 0.25) is 0 Å². The predicted octanol–water partition coefficient (Wildman–Crippen LogP) is 1.77. The second kappa shape index (κ2) is 8.28. The molecule has 144 valence electrons. The Morgan fingerprint density at radius 2 is 2.04 bits per heavy atom. The smallest absolute Gasteiger partial charge is 0.277 e. The summed E-state index contributed by atoms with van der Waals surface area (Å²) in [6.45, 7) is 5.30. The fourth-order valence-electron chi connectivity index (χ4n) is 3.40. The standard InChI is InChI=1S/C19H24FN5O2/c1-3-15-17(19(27)24-11-5-10-21-18(26)16(24)4-2)22-23-25(15)12-13-6-8-14(20)9-7-13/h6-9,16H,3-5,10-12H2,1-2H3,(H,21,26)/t16-/m0/s1. The Labute approximate surface area is 157 Å². The van der Waals surface area contributed by atoms with Gasteiger partial charge in [-0.25, -0.2) is 9.07 Å². The number of carbonyl (C=O) groups excluding carboxylic acids is 2. The number of nitrogens with zero attached hydrogens (tertiary/aromatic N) is 4. The third-order valence-corrected chi connectivity index (χ3v) is 4.82. The zero-order valence-electron chi connectivity index (χ0n) is 15.6. The molecule has 1 aromatic carbocycles. The lowest BCUT2D eigenvalue weighted by atomic mass is 10.1. The second-order valence-corrected chi connectivity index (χ2v) is 6.59. The van der Waals surface area contributed by atoms with E-state index in [0.717, 1.165) is 5.56 Å². The highest BCUT2D eigenvalue weighted by atomic mass is 19.1. The molecule has 1 aliphatic rings. The van der Waals surface area contributed by atoms with E-state index in [1.165, 1.54) is 12.1 Å². The van der Waals surface area contributed by atoms with Gasteiger partial charge in [-0.3, -0.25) is 9.59 Å². The summed E-state index contributed by atoms with van der Waals surface area (Å²) >= 11 is 0. The first kappa shape index (κ1) is 19.0. The van der Waals surface area contributed by atoms with Crippen molar-refractivity contribution in [3.63, 3.8) is 0 Å². The highest BCUT2D eigenvalue weighted by Gasteiger charge is 2.33. The Kier molecular flexibility index (Phi) is 5.83. The van der Waals surface area contributed by atoms with Crippen LogP contribution in [-0.4, -0.2) is 50.8 Å². The molecule has 7 nitrogen and oxygen atoms in total. The van der Waals surface area contributed by atoms with Gasteiger partial charge in [0, 0.05) is 13.1 Å². The van der Waals surface area contributed by atoms with Gasteiger partial charge in [-0.15, -0.1) is 5.10 Å². The third kappa shape index (κ3) is 3.99. The monoisotopic (exact) mass is 373 g/mol. The van der Waals surface area contributed by atoms with Crippen molar-refractivity contribution in [1.82, 2.24) is 25.2 Å². The molecule has 0 spiro atoms. The summed E-state index contributed by atoms with van der Waals surface area (Å²) in [5.74, 6) is -0.685. The third-order valence-electron chi connectivity index (χ3n) is 4.82. The van der Waals surface area contributed by atoms with Gasteiger partial charge >= 0.3 is 0 Å². The van der Waals surface area contributed by atoms with Gasteiger partial charge in [0.1, 0.15) is 11.9 Å². The predicted molar refractivity (Wildman–Crippen MR) is 97.6 cm³/mol. The topological polar surface area (TPSA) is 80.1 Å². The van der Waals surface area contributed by atoms with Crippen LogP contribution in [0.1, 0.15) is 48.4 Å². The average molecular weight is 373 g/mol. The molecule has 0 radical (unpaired) electrons. The minimum atomic E-state index is -0.494. The summed E-state index contributed by atoms with van der Waals surface area (Å²) < 4.78 is 14.8. The molecule has 0 unspecified atom stereocenters. The van der Waals surface area contributed by atoms with Gasteiger partial charge in [0.2, 0.25) is 5.91 Å². The molecule has 1 saturated heterocycles. The number of hydrogen-bond acceptors (Lipinski definition) is 4. The van der Waals surface area contributed by atoms with Crippen molar-refractivity contribution < 1.29 is 14.0 Å². The van der Waals surface area contributed by atoms with Crippen LogP contribution < -0.4 is 5.32 Å². The van der Waals surface area contributed by atoms with Crippen LogP contribution in [0.25, 0.3) is 0 Å². The molecule has 8 heteroatoms. The fraction of sp³-hybridized carbons (Fsp3) is 0.474. The van der Waals surface area contributed by atoms with E-state index >= 15 is 0 Å². The van der Waals surface area contributed by atoms with E-state index in [2.05, 4.69) is 15.6 Å². The maximum Gasteiger partial charge on any atom is 0.277 e. The lowest BCUT2D eigenvalue weighted by Crippen LogP contribution is -2.47. The number of rotatable bonds is 5. The molecule has 3 rings (SSSR count). The molecule has 1 aliphatic heterocycles. The number of halogens is 1. The first-order valence-electron chi connectivity index (χ1n) is 9.30. The molecular weight excluding hydrogens is 349 g/mol. The second-order valence-electron chi connectivity index (χ2n) is 6.59. The van der Waals surface area contributed by atoms with Crippen molar-refractivity contribution in [2.75, 3.05) is 13.1 Å². The van der Waals surface area contributed by atoms with Crippen LogP contribution in [-0.2, 0) is 17.8 Å². The number of carbonyl (C=O) groups is 2. The SMILES string of the molecule is CCc1c(C(=O)N2CCCNC(=O)[C@@H]2CC)nnn1Cc1ccc(F)cc1. The van der Waals surface area contributed by atoms with Crippen LogP contribution in [0.3, 0.4) is 0 Å². The van der Waals surface area contributed by atoms with Gasteiger partial charge in [0.15, 0.2) is 5.69 Å². The zero-order valence-corrected chi connectivity index (χ0v) is 15.6. The van der Waals surface area contributed by atoms with Crippen LogP contribution in [0.4, 0.5) is 4.39 Å². The van der Waals surface area contributed by atoms with Gasteiger partial charge in [-0.2, -0.15) is 0 Å². The minimum absolute atomic E-state index is 0.125. The number of hydrogen-bond donors (Lipinski definition) is 1. The highest BCUT2D eigenvalue weighted by Crippen LogP contribution is 2.17. The van der Waals surface area contributed by atoms with Gasteiger partial charge < -0.3 is 10.2 Å². The average Bonchev–Trinajstić information content (AvgIpc) is 2.97. The summed E-state index contributed by atoms with van der Waals surface area (Å²) in [5, 5.41) is 11.1. The lowest BCUT2D eigenvalue weighted by Gasteiger charge is -2.27. The quantitative estimate of drug-likeness (QED) is 0.866. The Morgan fingerprint density at radius 1 is 1.30 bits per heavy atom. The van der Waals surface area contributed by atoms with Crippen molar-refractivity contribution in [3.8, 4) is 0 Å². The Bertz CT molecular complexity index is 818. The number of aromatic nitrogens is 3. The van der Waals surface area contributed by atoms with E-state index in [1.807, 2.05) is 13.8 Å². The normalized spacial score (nSPS) is 17.5. The van der Waals surface area contributed by atoms with Gasteiger partial charge in [0.25, 0.3) is 5.91 Å². The van der Waals surface area contributed by atoms with E-state index in [9.17, 15) is 14.0 Å². The molecule has 0 aliphatic carbocycles. The van der Waals surface area contributed by atoms with Crippen molar-refractivity contribution in [3.05, 3.63) is 47.0 Å². The number of nitrogens with one attached hydrogen (secondary N) is 1. The number of benzene rings is 1. The first-order valence-corrected chi connectivity index (χ1v) is 9.30. The molecule has 27 heavy (non-hydrogen) atoms. The molecule has 0 saturated carbocycles. The molecule has 2 amide bonds. The van der Waals surface area contributed by atoms with Crippen molar-refractivity contribution in [1.29, 1.82) is 0 Å². The Hall–Kier alpha value is -2.77. The van der Waals surface area contributed by atoms with Crippen molar-refractivity contribution in [2.24, 2.45) is 0 Å². The highest BCUT2D eigenvalue weighted by molar-refractivity contribution is 5.97. The van der Waals surface area contributed by atoms with Crippen LogP contribution in [0.5, 0.6) is 0 Å². The van der Waals surface area contributed by atoms with Gasteiger partial charge in [0.05, 0.1) is 12.2 Å². The summed E-state index contributed by atoms with van der Waals surface area (Å²) in [4.78, 5) is 27.0. The molecule has 1 atom stereocenters. The summed E-state index contributed by atoms with van der Waals surface area (Å²) in [7, 11) is 0. The lowest BCUT2D eigenvalue weighted by molar-refractivity contribution is -0.124. The summed E-state index contributed by atoms with van der Waals surface area (Å²) in [6, 6.07) is 5.66. The molecule has 2 aromatic rings. The van der Waals surface area contributed by atoms with E-state index in [4.69, 9.17) is 0 Å². The number of amides is 2. The fourth-order valence-corrected chi connectivity index (χ4v) is 3.40. The zero-order chi connectivity index (χ0) is 19.4. The maximum absolute atomic E-state index is 13.1. The van der Waals surface area contributed by atoms with Crippen molar-refractivity contribution >= 4 is 11.8 Å². The molecular formula is C19H24FN5O2. The van der Waals surface area contributed by atoms with E-state index < -0.39 is 6.04 Å². The van der Waals surface area contributed by atoms with Crippen LogP contribution >= 0.6 is 0 Å². The van der Waals surface area contributed by atoms with E-state index in [1.54, 1.807) is 21.7 Å². The molecule has 2 heterocycles. The summed E-state index contributed by atoms with van der Waals surface area (Å²) in [5.41, 5.74) is 1.87. The largest absolute Gasteiger partial charge is 0.354 e. The maximum atomic E-state index is 13.1. The van der Waals surface area contributed by atoms with Crippen LogP contribution in [0, 0.1) is 5.82 Å². The molecule has 1 aromatic heterocycles. The van der Waals surface area contributed by atoms with Gasteiger partial charge in [-0.1, -0.05) is 31.2 Å². The van der Waals surface area contributed by atoms with Crippen molar-refractivity contribution in [2.45, 2.75) is 45.7 Å². The summed E-state index contributed by atoms with van der Waals surface area (Å²) in [6.07, 6.45) is 1.83. The minimum Gasteiger partial charge on any atom is -0.354 e.